The Morgan fingerprint density at radius 1 is 1.33 bits per heavy atom. The van der Waals surface area contributed by atoms with Crippen LogP contribution < -0.4 is 11.1 Å². The lowest BCUT2D eigenvalue weighted by molar-refractivity contribution is -0.138. The lowest BCUT2D eigenvalue weighted by Gasteiger charge is -2.44. The van der Waals surface area contributed by atoms with Crippen LogP contribution in [0.15, 0.2) is 24.3 Å². The first-order chi connectivity index (χ1) is 14.1. The quantitative estimate of drug-likeness (QED) is 0.692. The number of nitriles is 1. The van der Waals surface area contributed by atoms with Crippen LogP contribution in [0.3, 0.4) is 0 Å². The Balaban J connectivity index is 2.36. The van der Waals surface area contributed by atoms with Crippen molar-refractivity contribution in [3.8, 4) is 6.07 Å². The average Bonchev–Trinajstić information content (AvgIpc) is 3.00. The van der Waals surface area contributed by atoms with Crippen LogP contribution >= 0.6 is 0 Å². The molecule has 158 valence electrons. The second kappa shape index (κ2) is 7.82. The van der Waals surface area contributed by atoms with Gasteiger partial charge in [-0.3, -0.25) is 9.59 Å². The van der Waals surface area contributed by atoms with Crippen molar-refractivity contribution in [2.45, 2.75) is 44.6 Å². The molecule has 8 heteroatoms. The Morgan fingerprint density at radius 2 is 2.00 bits per heavy atom. The maximum Gasteiger partial charge on any atom is 0.352 e. The fourth-order valence-corrected chi connectivity index (χ4v) is 4.96. The van der Waals surface area contributed by atoms with Crippen molar-refractivity contribution in [1.82, 2.24) is 9.88 Å². The van der Waals surface area contributed by atoms with Gasteiger partial charge < -0.3 is 20.7 Å². The molecule has 2 unspecified atom stereocenters. The first-order valence-corrected chi connectivity index (χ1v) is 9.96. The molecule has 0 aliphatic heterocycles. The molecule has 4 atom stereocenters. The van der Waals surface area contributed by atoms with E-state index >= 15 is 0 Å². The zero-order chi connectivity index (χ0) is 22.2. The number of aryl methyl sites for hydroxylation is 1. The molecule has 1 aliphatic carbocycles. The van der Waals surface area contributed by atoms with Crippen LogP contribution in [0.5, 0.6) is 0 Å². The number of nitrogens with two attached hydrogens (primary N) is 1. The third kappa shape index (κ3) is 3.20. The smallest absolute Gasteiger partial charge is 0.352 e. The molecule has 3 rings (SSSR count). The molecule has 1 heterocycles. The van der Waals surface area contributed by atoms with Gasteiger partial charge in [0.2, 0.25) is 11.8 Å². The third-order valence-corrected chi connectivity index (χ3v) is 6.28. The monoisotopic (exact) mass is 410 g/mol. The van der Waals surface area contributed by atoms with Crippen molar-refractivity contribution >= 4 is 28.7 Å². The minimum Gasteiger partial charge on any atom is -0.477 e. The number of aromatic nitrogens is 1. The number of carbonyl (C=O) groups excluding carboxylic acids is 2. The molecule has 30 heavy (non-hydrogen) atoms. The molecule has 0 saturated heterocycles. The number of hydrogen-bond donors (Lipinski definition) is 3. The van der Waals surface area contributed by atoms with E-state index in [1.165, 1.54) is 4.57 Å². The van der Waals surface area contributed by atoms with E-state index in [0.717, 1.165) is 0 Å². The molecule has 1 aromatic heterocycles. The number of carboxylic acid groups (broad SMARTS) is 1. The van der Waals surface area contributed by atoms with E-state index in [-0.39, 0.29) is 23.6 Å². The predicted octanol–water partition coefficient (Wildman–Crippen LogP) is 2.06. The van der Waals surface area contributed by atoms with E-state index in [2.05, 4.69) is 5.32 Å². The summed E-state index contributed by atoms with van der Waals surface area (Å²) in [7, 11) is 1.63. The van der Waals surface area contributed by atoms with E-state index in [1.54, 1.807) is 38.2 Å². The molecule has 2 aromatic rings. The van der Waals surface area contributed by atoms with Crippen LogP contribution in [-0.2, 0) is 22.1 Å². The Hall–Kier alpha value is -3.34. The summed E-state index contributed by atoms with van der Waals surface area (Å²) in [4.78, 5) is 38.5. The summed E-state index contributed by atoms with van der Waals surface area (Å²) in [6.45, 7) is 3.52. The minimum absolute atomic E-state index is 0.0461. The first kappa shape index (κ1) is 21.4. The SMILES string of the molecule is CC1CC[C@@H](C(=O)NC(C)C#N)[C@](C(N)=O)(c2c(C(=O)O)n(C)c3ccccc23)C1. The standard InChI is InChI=1S/C22H26N4O4/c1-12-8-9-15(19(27)25-13(2)11-23)22(10-12,21(24)30)17-14-6-4-5-7-16(14)26(3)18(17)20(28)29/h4-7,12-13,15H,8-10H2,1-3H3,(H2,24,30)(H,25,27)(H,28,29)/t12?,13?,15-,22-/m0/s1. The Kier molecular flexibility index (Phi) is 5.57. The Labute approximate surface area is 174 Å². The zero-order valence-electron chi connectivity index (χ0n) is 17.3. The number of hydrogen-bond acceptors (Lipinski definition) is 4. The molecular formula is C22H26N4O4. The number of primary amides is 1. The highest BCUT2D eigenvalue weighted by Gasteiger charge is 2.55. The number of amides is 2. The van der Waals surface area contributed by atoms with Crippen molar-refractivity contribution < 1.29 is 19.5 Å². The summed E-state index contributed by atoms with van der Waals surface area (Å²) in [6.07, 6.45) is 1.33. The summed E-state index contributed by atoms with van der Waals surface area (Å²) in [5.74, 6) is -3.18. The predicted molar refractivity (Wildman–Crippen MR) is 110 cm³/mol. The molecule has 4 N–H and O–H groups in total. The molecule has 1 saturated carbocycles. The van der Waals surface area contributed by atoms with Crippen molar-refractivity contribution in [3.05, 3.63) is 35.5 Å². The van der Waals surface area contributed by atoms with Gasteiger partial charge in [-0.05, 0) is 38.2 Å². The van der Waals surface area contributed by atoms with E-state index in [9.17, 15) is 19.5 Å². The van der Waals surface area contributed by atoms with E-state index < -0.39 is 35.2 Å². The minimum atomic E-state index is -1.49. The van der Waals surface area contributed by atoms with Crippen LogP contribution in [0.4, 0.5) is 0 Å². The summed E-state index contributed by atoms with van der Waals surface area (Å²) in [5.41, 5.74) is 5.37. The lowest BCUT2D eigenvalue weighted by Crippen LogP contribution is -2.56. The molecule has 2 amide bonds. The number of aromatic carboxylic acids is 1. The third-order valence-electron chi connectivity index (χ3n) is 6.28. The van der Waals surface area contributed by atoms with Gasteiger partial charge in [0, 0.05) is 23.5 Å². The highest BCUT2D eigenvalue weighted by Crippen LogP contribution is 2.50. The van der Waals surface area contributed by atoms with Crippen molar-refractivity contribution in [1.29, 1.82) is 5.26 Å². The fourth-order valence-electron chi connectivity index (χ4n) is 4.96. The van der Waals surface area contributed by atoms with Gasteiger partial charge in [-0.1, -0.05) is 25.1 Å². The maximum atomic E-state index is 13.2. The van der Waals surface area contributed by atoms with Gasteiger partial charge in [0.15, 0.2) is 0 Å². The van der Waals surface area contributed by atoms with E-state index in [1.807, 2.05) is 13.0 Å². The summed E-state index contributed by atoms with van der Waals surface area (Å²) >= 11 is 0. The molecular weight excluding hydrogens is 384 g/mol. The molecule has 8 nitrogen and oxygen atoms in total. The largest absolute Gasteiger partial charge is 0.477 e. The van der Waals surface area contributed by atoms with Crippen LogP contribution in [0.25, 0.3) is 10.9 Å². The maximum absolute atomic E-state index is 13.2. The second-order valence-corrected chi connectivity index (χ2v) is 8.24. The number of carboxylic acids is 1. The normalized spacial score (nSPS) is 24.7. The number of fused-ring (bicyclic) bond motifs is 1. The molecule has 0 bridgehead atoms. The molecule has 0 radical (unpaired) electrons. The van der Waals surface area contributed by atoms with Crippen molar-refractivity contribution in [2.24, 2.45) is 24.6 Å². The van der Waals surface area contributed by atoms with Gasteiger partial charge in [0.25, 0.3) is 0 Å². The number of carbonyl (C=O) groups is 3. The van der Waals surface area contributed by atoms with Crippen molar-refractivity contribution in [3.63, 3.8) is 0 Å². The first-order valence-electron chi connectivity index (χ1n) is 9.96. The fraction of sp³-hybridized carbons (Fsp3) is 0.455. The zero-order valence-corrected chi connectivity index (χ0v) is 17.3. The number of nitrogens with zero attached hydrogens (tertiary/aromatic N) is 2. The topological polar surface area (TPSA) is 138 Å². The molecule has 1 aliphatic rings. The highest BCUT2D eigenvalue weighted by molar-refractivity contribution is 6.06. The molecule has 0 spiro atoms. The van der Waals surface area contributed by atoms with E-state index in [4.69, 9.17) is 11.0 Å². The number of benzene rings is 1. The average molecular weight is 410 g/mol. The summed E-state index contributed by atoms with van der Waals surface area (Å²) in [6, 6.07) is 8.31. The van der Waals surface area contributed by atoms with Crippen LogP contribution in [-0.4, -0.2) is 33.5 Å². The number of rotatable bonds is 5. The number of para-hydroxylation sites is 1. The van der Waals surface area contributed by atoms with Crippen LogP contribution in [0.2, 0.25) is 0 Å². The van der Waals surface area contributed by atoms with Gasteiger partial charge in [-0.15, -0.1) is 0 Å². The van der Waals surface area contributed by atoms with Gasteiger partial charge in [0.1, 0.15) is 11.7 Å². The van der Waals surface area contributed by atoms with E-state index in [0.29, 0.717) is 23.7 Å². The Bertz CT molecular complexity index is 1070. The van der Waals surface area contributed by atoms with Gasteiger partial charge in [0.05, 0.1) is 17.4 Å². The molecule has 1 aromatic carbocycles. The van der Waals surface area contributed by atoms with Gasteiger partial charge in [-0.2, -0.15) is 5.26 Å². The van der Waals surface area contributed by atoms with Gasteiger partial charge in [-0.25, -0.2) is 4.79 Å². The summed E-state index contributed by atoms with van der Waals surface area (Å²) < 4.78 is 1.53. The number of nitrogens with one attached hydrogen (secondary N) is 1. The highest BCUT2D eigenvalue weighted by atomic mass is 16.4. The molecule has 1 fully saturated rings. The second-order valence-electron chi connectivity index (χ2n) is 8.24. The van der Waals surface area contributed by atoms with Crippen LogP contribution in [0, 0.1) is 23.2 Å². The van der Waals surface area contributed by atoms with Gasteiger partial charge >= 0.3 is 5.97 Å². The summed E-state index contributed by atoms with van der Waals surface area (Å²) in [5, 5.41) is 22.4. The lowest BCUT2D eigenvalue weighted by atomic mass is 9.58. The Morgan fingerprint density at radius 3 is 2.60 bits per heavy atom. The van der Waals surface area contributed by atoms with Crippen LogP contribution in [0.1, 0.15) is 49.2 Å². The van der Waals surface area contributed by atoms with Crippen molar-refractivity contribution in [2.75, 3.05) is 0 Å².